The molecule has 0 saturated heterocycles. The summed E-state index contributed by atoms with van der Waals surface area (Å²) in [5.74, 6) is 0. The van der Waals surface area contributed by atoms with Gasteiger partial charge in [-0.3, -0.25) is 4.98 Å². The van der Waals surface area contributed by atoms with Crippen LogP contribution in [-0.2, 0) is 12.8 Å². The van der Waals surface area contributed by atoms with Gasteiger partial charge < -0.3 is 4.90 Å². The lowest BCUT2D eigenvalue weighted by molar-refractivity contribution is 0.662. The molecular formula is C17H16N4S. The second-order valence-electron chi connectivity index (χ2n) is 5.55. The largest absolute Gasteiger partial charge is 0.346 e. The predicted molar refractivity (Wildman–Crippen MR) is 89.2 cm³/mol. The minimum absolute atomic E-state index is 0.460. The van der Waals surface area contributed by atoms with Gasteiger partial charge in [-0.1, -0.05) is 41.7 Å². The number of fused-ring (bicyclic) bond motifs is 1. The number of hydrogen-bond acceptors (Lipinski definition) is 5. The molecule has 0 bridgehead atoms. The lowest BCUT2D eigenvalue weighted by Crippen LogP contribution is -2.32. The van der Waals surface area contributed by atoms with Gasteiger partial charge in [0.05, 0.1) is 0 Å². The van der Waals surface area contributed by atoms with Crippen LogP contribution in [0.2, 0.25) is 0 Å². The van der Waals surface area contributed by atoms with Crippen LogP contribution in [0, 0.1) is 0 Å². The molecular weight excluding hydrogens is 292 g/mol. The molecule has 22 heavy (non-hydrogen) atoms. The molecule has 3 aromatic rings. The molecule has 1 aliphatic carbocycles. The average Bonchev–Trinajstić information content (AvgIpc) is 3.22. The Labute approximate surface area is 133 Å². The third-order valence-corrected chi connectivity index (χ3v) is 5.21. The zero-order valence-electron chi connectivity index (χ0n) is 12.3. The fourth-order valence-electron chi connectivity index (χ4n) is 2.92. The number of nitrogens with zero attached hydrogens (tertiary/aromatic N) is 4. The summed E-state index contributed by atoms with van der Waals surface area (Å²) in [6.45, 7) is 0. The van der Waals surface area contributed by atoms with E-state index >= 15 is 0 Å². The molecule has 4 nitrogen and oxygen atoms in total. The Morgan fingerprint density at radius 1 is 1.00 bits per heavy atom. The Bertz CT molecular complexity index is 759. The van der Waals surface area contributed by atoms with Gasteiger partial charge in [0.25, 0.3) is 0 Å². The summed E-state index contributed by atoms with van der Waals surface area (Å²) in [5, 5.41) is 10.5. The molecule has 1 aromatic carbocycles. The van der Waals surface area contributed by atoms with E-state index in [1.165, 1.54) is 11.1 Å². The van der Waals surface area contributed by atoms with E-state index in [-0.39, 0.29) is 0 Å². The van der Waals surface area contributed by atoms with Crippen molar-refractivity contribution >= 4 is 16.5 Å². The zero-order chi connectivity index (χ0) is 14.9. The van der Waals surface area contributed by atoms with E-state index in [1.807, 2.05) is 18.2 Å². The van der Waals surface area contributed by atoms with Gasteiger partial charge in [-0.15, -0.1) is 10.2 Å². The second kappa shape index (κ2) is 5.50. The molecule has 0 atom stereocenters. The molecule has 4 rings (SSSR count). The van der Waals surface area contributed by atoms with Crippen molar-refractivity contribution in [2.45, 2.75) is 18.9 Å². The molecule has 5 heteroatoms. The van der Waals surface area contributed by atoms with E-state index in [1.54, 1.807) is 17.5 Å². The van der Waals surface area contributed by atoms with Gasteiger partial charge >= 0.3 is 0 Å². The van der Waals surface area contributed by atoms with Crippen LogP contribution in [0.4, 0.5) is 5.13 Å². The number of rotatable bonds is 3. The number of pyridine rings is 1. The maximum atomic E-state index is 4.35. The minimum Gasteiger partial charge on any atom is -0.346 e. The highest BCUT2D eigenvalue weighted by Crippen LogP contribution is 2.31. The molecule has 110 valence electrons. The molecule has 0 N–H and O–H groups in total. The van der Waals surface area contributed by atoms with Crippen molar-refractivity contribution in [3.8, 4) is 10.7 Å². The lowest BCUT2D eigenvalue weighted by Gasteiger charge is -2.22. The summed E-state index contributed by atoms with van der Waals surface area (Å²) in [6.07, 6.45) is 3.93. The van der Waals surface area contributed by atoms with Crippen molar-refractivity contribution < 1.29 is 0 Å². The van der Waals surface area contributed by atoms with Crippen LogP contribution in [0.3, 0.4) is 0 Å². The van der Waals surface area contributed by atoms with Crippen LogP contribution < -0.4 is 4.90 Å². The molecule has 0 fully saturated rings. The van der Waals surface area contributed by atoms with Gasteiger partial charge in [0.2, 0.25) is 5.13 Å². The van der Waals surface area contributed by atoms with Crippen LogP contribution in [0.1, 0.15) is 11.1 Å². The predicted octanol–water partition coefficient (Wildman–Crippen LogP) is 3.20. The first-order valence-electron chi connectivity index (χ1n) is 7.36. The maximum Gasteiger partial charge on any atom is 0.208 e. The Hall–Kier alpha value is -2.27. The van der Waals surface area contributed by atoms with E-state index in [0.29, 0.717) is 6.04 Å². The van der Waals surface area contributed by atoms with Crippen LogP contribution >= 0.6 is 11.3 Å². The molecule has 0 spiro atoms. The summed E-state index contributed by atoms with van der Waals surface area (Å²) in [6, 6.07) is 15.0. The third kappa shape index (κ3) is 2.37. The van der Waals surface area contributed by atoms with Gasteiger partial charge in [0.15, 0.2) is 5.01 Å². The second-order valence-corrected chi connectivity index (χ2v) is 6.50. The van der Waals surface area contributed by atoms with Gasteiger partial charge in [-0.25, -0.2) is 0 Å². The molecule has 2 aromatic heterocycles. The molecule has 2 heterocycles. The zero-order valence-corrected chi connectivity index (χ0v) is 13.1. The average molecular weight is 308 g/mol. The number of hydrogen-bond donors (Lipinski definition) is 0. The fraction of sp³-hybridized carbons (Fsp3) is 0.235. The van der Waals surface area contributed by atoms with Crippen LogP contribution in [0.25, 0.3) is 10.7 Å². The van der Waals surface area contributed by atoms with Gasteiger partial charge in [-0.05, 0) is 36.1 Å². The Balaban J connectivity index is 1.55. The normalized spacial score (nSPS) is 14.0. The van der Waals surface area contributed by atoms with Gasteiger partial charge in [0.1, 0.15) is 5.69 Å². The highest BCUT2D eigenvalue weighted by Gasteiger charge is 2.26. The van der Waals surface area contributed by atoms with Crippen LogP contribution in [0.5, 0.6) is 0 Å². The first kappa shape index (κ1) is 13.4. The summed E-state index contributed by atoms with van der Waals surface area (Å²) in [5.41, 5.74) is 3.79. The lowest BCUT2D eigenvalue weighted by atomic mass is 10.1. The van der Waals surface area contributed by atoms with Crippen molar-refractivity contribution in [2.24, 2.45) is 0 Å². The van der Waals surface area contributed by atoms with Gasteiger partial charge in [-0.2, -0.15) is 0 Å². The van der Waals surface area contributed by atoms with Crippen molar-refractivity contribution in [1.29, 1.82) is 0 Å². The van der Waals surface area contributed by atoms with Crippen LogP contribution in [-0.4, -0.2) is 28.3 Å². The first-order valence-corrected chi connectivity index (χ1v) is 8.17. The maximum absolute atomic E-state index is 4.35. The molecule has 1 aliphatic rings. The topological polar surface area (TPSA) is 41.9 Å². The van der Waals surface area contributed by atoms with Gasteiger partial charge in [0, 0.05) is 19.3 Å². The molecule has 0 radical (unpaired) electrons. The van der Waals surface area contributed by atoms with Crippen molar-refractivity contribution in [2.75, 3.05) is 11.9 Å². The Kier molecular flexibility index (Phi) is 3.35. The molecule has 0 aliphatic heterocycles. The Morgan fingerprint density at radius 2 is 1.73 bits per heavy atom. The minimum atomic E-state index is 0.460. The van der Waals surface area contributed by atoms with E-state index in [4.69, 9.17) is 0 Å². The van der Waals surface area contributed by atoms with E-state index < -0.39 is 0 Å². The van der Waals surface area contributed by atoms with E-state index in [2.05, 4.69) is 51.4 Å². The van der Waals surface area contributed by atoms with Crippen molar-refractivity contribution in [3.63, 3.8) is 0 Å². The first-order chi connectivity index (χ1) is 10.8. The Morgan fingerprint density at radius 3 is 2.41 bits per heavy atom. The SMILES string of the molecule is CN(c1nnc(-c2ccccn2)s1)C1Cc2ccccc2C1. The highest BCUT2D eigenvalue weighted by atomic mass is 32.1. The van der Waals surface area contributed by atoms with E-state index in [0.717, 1.165) is 28.7 Å². The molecule has 0 amide bonds. The summed E-state index contributed by atoms with van der Waals surface area (Å²) >= 11 is 1.60. The van der Waals surface area contributed by atoms with Crippen LogP contribution in [0.15, 0.2) is 48.7 Å². The van der Waals surface area contributed by atoms with Crippen molar-refractivity contribution in [1.82, 2.24) is 15.2 Å². The summed E-state index contributed by atoms with van der Waals surface area (Å²) in [7, 11) is 2.11. The molecule has 0 saturated carbocycles. The number of likely N-dealkylation sites (N-methyl/N-ethyl adjacent to an activating group) is 1. The quantitative estimate of drug-likeness (QED) is 0.745. The number of anilines is 1. The summed E-state index contributed by atoms with van der Waals surface area (Å²) < 4.78 is 0. The standard InChI is InChI=1S/C17H16N4S/c1-21(14-10-12-6-2-3-7-13(12)11-14)17-20-19-16(22-17)15-8-4-5-9-18-15/h2-9,14H,10-11H2,1H3. The van der Waals surface area contributed by atoms with E-state index in [9.17, 15) is 0 Å². The highest BCUT2D eigenvalue weighted by molar-refractivity contribution is 7.18. The molecule has 0 unspecified atom stereocenters. The number of benzene rings is 1. The monoisotopic (exact) mass is 308 g/mol. The third-order valence-electron chi connectivity index (χ3n) is 4.18. The van der Waals surface area contributed by atoms with Crippen molar-refractivity contribution in [3.05, 3.63) is 59.8 Å². The smallest absolute Gasteiger partial charge is 0.208 e. The summed E-state index contributed by atoms with van der Waals surface area (Å²) in [4.78, 5) is 6.60. The number of aromatic nitrogens is 3. The fourth-order valence-corrected chi connectivity index (χ4v) is 3.77.